The van der Waals surface area contributed by atoms with E-state index < -0.39 is 5.82 Å². The van der Waals surface area contributed by atoms with Crippen molar-refractivity contribution >= 4 is 6.03 Å². The normalized spacial score (nSPS) is 12.3. The zero-order valence-corrected chi connectivity index (χ0v) is 16.4. The summed E-state index contributed by atoms with van der Waals surface area (Å²) in [7, 11) is 0. The lowest BCUT2D eigenvalue weighted by Gasteiger charge is -2.31. The Balaban J connectivity index is 1.84. The molecule has 2 amide bonds. The van der Waals surface area contributed by atoms with Crippen LogP contribution in [0.5, 0.6) is 5.75 Å². The molecule has 0 spiro atoms. The van der Waals surface area contributed by atoms with E-state index in [1.54, 1.807) is 18.2 Å². The number of aryl methyl sites for hydroxylation is 1. The van der Waals surface area contributed by atoms with Gasteiger partial charge in [0.2, 0.25) is 0 Å². The third-order valence-electron chi connectivity index (χ3n) is 4.26. The number of pyridine rings is 1. The number of para-hydroxylation sites is 1. The SMILES string of the molecule is Cc1ccc(CCNC(=O)NC(COc2ccccc2F)C(C)(C)C)cn1. The van der Waals surface area contributed by atoms with E-state index in [1.807, 2.05) is 46.0 Å². The quantitative estimate of drug-likeness (QED) is 0.775. The predicted octanol–water partition coefficient (Wildman–Crippen LogP) is 3.86. The van der Waals surface area contributed by atoms with Gasteiger partial charge in [0, 0.05) is 18.4 Å². The lowest BCUT2D eigenvalue weighted by atomic mass is 9.87. The second kappa shape index (κ2) is 9.35. The number of hydrogen-bond donors (Lipinski definition) is 2. The summed E-state index contributed by atoms with van der Waals surface area (Å²) in [5.74, 6) is -0.234. The summed E-state index contributed by atoms with van der Waals surface area (Å²) in [5.41, 5.74) is 1.78. The summed E-state index contributed by atoms with van der Waals surface area (Å²) in [4.78, 5) is 16.5. The highest BCUT2D eigenvalue weighted by molar-refractivity contribution is 5.74. The minimum Gasteiger partial charge on any atom is -0.488 e. The maximum absolute atomic E-state index is 13.7. The van der Waals surface area contributed by atoms with Gasteiger partial charge in [0.1, 0.15) is 6.61 Å². The van der Waals surface area contributed by atoms with Gasteiger partial charge in [-0.1, -0.05) is 39.0 Å². The summed E-state index contributed by atoms with van der Waals surface area (Å²) in [6, 6.07) is 9.65. The molecule has 0 aliphatic heterocycles. The van der Waals surface area contributed by atoms with Gasteiger partial charge in [-0.25, -0.2) is 9.18 Å². The van der Waals surface area contributed by atoms with Crippen molar-refractivity contribution < 1.29 is 13.9 Å². The first-order valence-corrected chi connectivity index (χ1v) is 9.09. The molecule has 0 bridgehead atoms. The Kier molecular flexibility index (Phi) is 7.16. The lowest BCUT2D eigenvalue weighted by Crippen LogP contribution is -2.51. The molecule has 0 saturated carbocycles. The van der Waals surface area contributed by atoms with Crippen molar-refractivity contribution in [2.75, 3.05) is 13.2 Å². The maximum Gasteiger partial charge on any atom is 0.315 e. The van der Waals surface area contributed by atoms with Gasteiger partial charge in [-0.15, -0.1) is 0 Å². The summed E-state index contributed by atoms with van der Waals surface area (Å²) in [6.45, 7) is 8.62. The van der Waals surface area contributed by atoms with E-state index in [9.17, 15) is 9.18 Å². The van der Waals surface area contributed by atoms with Crippen LogP contribution < -0.4 is 15.4 Å². The largest absolute Gasteiger partial charge is 0.488 e. The molecular weight excluding hydrogens is 345 g/mol. The van der Waals surface area contributed by atoms with Crippen LogP contribution in [-0.4, -0.2) is 30.2 Å². The number of urea groups is 1. The van der Waals surface area contributed by atoms with Gasteiger partial charge in [-0.2, -0.15) is 0 Å². The number of rotatable bonds is 7. The molecule has 2 aromatic rings. The van der Waals surface area contributed by atoms with E-state index in [4.69, 9.17) is 4.74 Å². The Morgan fingerprint density at radius 1 is 1.22 bits per heavy atom. The first kappa shape index (κ1) is 20.7. The van der Waals surface area contributed by atoms with Crippen molar-refractivity contribution in [2.45, 2.75) is 40.2 Å². The number of amides is 2. The molecule has 0 aliphatic rings. The van der Waals surface area contributed by atoms with Gasteiger partial charge in [0.25, 0.3) is 0 Å². The molecule has 1 aromatic heterocycles. The number of hydrogen-bond acceptors (Lipinski definition) is 3. The fourth-order valence-corrected chi connectivity index (χ4v) is 2.42. The topological polar surface area (TPSA) is 63.2 Å². The van der Waals surface area contributed by atoms with Crippen LogP contribution in [0.2, 0.25) is 0 Å². The van der Waals surface area contributed by atoms with E-state index >= 15 is 0 Å². The number of carbonyl (C=O) groups is 1. The first-order valence-electron chi connectivity index (χ1n) is 9.09. The number of carbonyl (C=O) groups excluding carboxylic acids is 1. The van der Waals surface area contributed by atoms with Crippen LogP contribution in [0.4, 0.5) is 9.18 Å². The van der Waals surface area contributed by atoms with Gasteiger partial charge in [0.15, 0.2) is 11.6 Å². The van der Waals surface area contributed by atoms with Crippen molar-refractivity contribution in [1.82, 2.24) is 15.6 Å². The molecule has 27 heavy (non-hydrogen) atoms. The minimum absolute atomic E-state index is 0.180. The molecule has 2 rings (SSSR count). The molecule has 0 saturated heterocycles. The average Bonchev–Trinajstić information content (AvgIpc) is 2.60. The zero-order valence-electron chi connectivity index (χ0n) is 16.4. The second-order valence-electron chi connectivity index (χ2n) is 7.62. The zero-order chi connectivity index (χ0) is 19.9. The van der Waals surface area contributed by atoms with Gasteiger partial charge in [-0.3, -0.25) is 4.98 Å². The smallest absolute Gasteiger partial charge is 0.315 e. The Hall–Kier alpha value is -2.63. The van der Waals surface area contributed by atoms with Crippen molar-refractivity contribution in [3.8, 4) is 5.75 Å². The number of nitrogens with one attached hydrogen (secondary N) is 2. The highest BCUT2D eigenvalue weighted by Gasteiger charge is 2.27. The van der Waals surface area contributed by atoms with Crippen LogP contribution in [-0.2, 0) is 6.42 Å². The number of nitrogens with zero attached hydrogens (tertiary/aromatic N) is 1. The molecule has 1 atom stereocenters. The number of halogens is 1. The fourth-order valence-electron chi connectivity index (χ4n) is 2.42. The maximum atomic E-state index is 13.7. The van der Waals surface area contributed by atoms with E-state index in [1.165, 1.54) is 6.07 Å². The van der Waals surface area contributed by atoms with Crippen LogP contribution in [0.25, 0.3) is 0 Å². The Morgan fingerprint density at radius 3 is 2.59 bits per heavy atom. The van der Waals surface area contributed by atoms with Crippen molar-refractivity contribution in [2.24, 2.45) is 5.41 Å². The molecular formula is C21H28FN3O2. The average molecular weight is 373 g/mol. The molecule has 0 aliphatic carbocycles. The summed E-state index contributed by atoms with van der Waals surface area (Å²) < 4.78 is 19.3. The third-order valence-corrected chi connectivity index (χ3v) is 4.26. The van der Waals surface area contributed by atoms with Gasteiger partial charge >= 0.3 is 6.03 Å². The highest BCUT2D eigenvalue weighted by Crippen LogP contribution is 2.22. The van der Waals surface area contributed by atoms with Crippen LogP contribution in [0.15, 0.2) is 42.6 Å². The van der Waals surface area contributed by atoms with E-state index in [-0.39, 0.29) is 29.8 Å². The Labute approximate surface area is 160 Å². The molecule has 1 aromatic carbocycles. The van der Waals surface area contributed by atoms with Gasteiger partial charge in [0.05, 0.1) is 6.04 Å². The fraction of sp³-hybridized carbons (Fsp3) is 0.429. The molecule has 1 heterocycles. The Morgan fingerprint density at radius 2 is 1.96 bits per heavy atom. The van der Waals surface area contributed by atoms with E-state index in [0.717, 1.165) is 11.3 Å². The molecule has 146 valence electrons. The van der Waals surface area contributed by atoms with Crippen LogP contribution in [0, 0.1) is 18.2 Å². The monoisotopic (exact) mass is 373 g/mol. The summed E-state index contributed by atoms with van der Waals surface area (Å²) in [5, 5.41) is 5.78. The van der Waals surface area contributed by atoms with Crippen LogP contribution >= 0.6 is 0 Å². The van der Waals surface area contributed by atoms with Crippen molar-refractivity contribution in [3.05, 3.63) is 59.7 Å². The van der Waals surface area contributed by atoms with Crippen molar-refractivity contribution in [1.29, 1.82) is 0 Å². The van der Waals surface area contributed by atoms with E-state index in [0.29, 0.717) is 13.0 Å². The molecule has 1 unspecified atom stereocenters. The first-order chi connectivity index (χ1) is 12.8. The predicted molar refractivity (Wildman–Crippen MR) is 104 cm³/mol. The second-order valence-corrected chi connectivity index (χ2v) is 7.62. The number of benzene rings is 1. The molecule has 0 radical (unpaired) electrons. The minimum atomic E-state index is -0.415. The third kappa shape index (κ3) is 6.89. The summed E-state index contributed by atoms with van der Waals surface area (Å²) >= 11 is 0. The Bertz CT molecular complexity index is 742. The van der Waals surface area contributed by atoms with Crippen molar-refractivity contribution in [3.63, 3.8) is 0 Å². The molecule has 2 N–H and O–H groups in total. The molecule has 0 fully saturated rings. The van der Waals surface area contributed by atoms with Crippen LogP contribution in [0.3, 0.4) is 0 Å². The standard InChI is InChI=1S/C21H28FN3O2/c1-15-9-10-16(13-24-15)11-12-23-20(26)25-19(21(2,3)4)14-27-18-8-6-5-7-17(18)22/h5-10,13,19H,11-12,14H2,1-4H3,(H2,23,25,26). The van der Waals surface area contributed by atoms with E-state index in [2.05, 4.69) is 15.6 Å². The number of ether oxygens (including phenoxy) is 1. The number of aromatic nitrogens is 1. The van der Waals surface area contributed by atoms with Gasteiger partial charge in [-0.05, 0) is 42.5 Å². The summed E-state index contributed by atoms with van der Waals surface area (Å²) in [6.07, 6.45) is 2.52. The molecule has 5 nitrogen and oxygen atoms in total. The molecule has 6 heteroatoms. The highest BCUT2D eigenvalue weighted by atomic mass is 19.1. The van der Waals surface area contributed by atoms with Crippen LogP contribution in [0.1, 0.15) is 32.0 Å². The van der Waals surface area contributed by atoms with Gasteiger partial charge < -0.3 is 15.4 Å². The lowest BCUT2D eigenvalue weighted by molar-refractivity contribution is 0.167.